The number of hydrogen-bond acceptors (Lipinski definition) is 3. The standard InChI is InChI=1S/C13H12BrF2NS2/c1-7(17)13(12-4-8(14)6-18-12)19-11-3-2-9(15)5-10(11)16/h2-7,13H,17H2,1H3. The molecule has 1 nitrogen and oxygen atoms in total. The Kier molecular flexibility index (Phi) is 5.00. The Morgan fingerprint density at radius 1 is 1.32 bits per heavy atom. The molecule has 2 aromatic rings. The molecule has 0 saturated carbocycles. The van der Waals surface area contributed by atoms with Gasteiger partial charge >= 0.3 is 0 Å². The van der Waals surface area contributed by atoms with E-state index in [0.29, 0.717) is 4.90 Å². The van der Waals surface area contributed by atoms with Crippen LogP contribution in [-0.2, 0) is 0 Å². The van der Waals surface area contributed by atoms with Crippen LogP contribution in [0.2, 0.25) is 0 Å². The second-order valence-corrected chi connectivity index (χ2v) is 7.18. The third-order valence-corrected chi connectivity index (χ3v) is 5.94. The molecule has 0 aliphatic rings. The summed E-state index contributed by atoms with van der Waals surface area (Å²) in [7, 11) is 0. The summed E-state index contributed by atoms with van der Waals surface area (Å²) in [6, 6.07) is 5.44. The summed E-state index contributed by atoms with van der Waals surface area (Å²) in [5, 5.41) is 1.91. The lowest BCUT2D eigenvalue weighted by Crippen LogP contribution is -2.22. The monoisotopic (exact) mass is 363 g/mol. The Bertz CT molecular complexity index is 572. The van der Waals surface area contributed by atoms with Crippen molar-refractivity contribution in [3.05, 3.63) is 50.6 Å². The van der Waals surface area contributed by atoms with Gasteiger partial charge in [0.25, 0.3) is 0 Å². The maximum atomic E-state index is 13.7. The Morgan fingerprint density at radius 2 is 2.05 bits per heavy atom. The topological polar surface area (TPSA) is 26.0 Å². The van der Waals surface area contributed by atoms with Crippen molar-refractivity contribution in [1.82, 2.24) is 0 Å². The summed E-state index contributed by atoms with van der Waals surface area (Å²) >= 11 is 6.29. The van der Waals surface area contributed by atoms with Crippen molar-refractivity contribution in [3.8, 4) is 0 Å². The van der Waals surface area contributed by atoms with Gasteiger partial charge in [-0.3, -0.25) is 0 Å². The normalized spacial score (nSPS) is 14.4. The lowest BCUT2D eigenvalue weighted by molar-refractivity contribution is 0.565. The molecule has 2 N–H and O–H groups in total. The highest BCUT2D eigenvalue weighted by molar-refractivity contribution is 9.10. The molecule has 6 heteroatoms. The summed E-state index contributed by atoms with van der Waals surface area (Å²) in [6.07, 6.45) is 0. The molecule has 1 heterocycles. The summed E-state index contributed by atoms with van der Waals surface area (Å²) in [4.78, 5) is 1.48. The minimum absolute atomic E-state index is 0.0590. The average molecular weight is 364 g/mol. The van der Waals surface area contributed by atoms with Crippen LogP contribution in [0.3, 0.4) is 0 Å². The van der Waals surface area contributed by atoms with Gasteiger partial charge in [-0.25, -0.2) is 8.78 Å². The molecule has 0 radical (unpaired) electrons. The van der Waals surface area contributed by atoms with Gasteiger partial charge in [-0.05, 0) is 41.1 Å². The third-order valence-electron chi connectivity index (χ3n) is 2.49. The molecule has 2 unspecified atom stereocenters. The molecule has 0 aliphatic heterocycles. The van der Waals surface area contributed by atoms with Gasteiger partial charge in [0.2, 0.25) is 0 Å². The smallest absolute Gasteiger partial charge is 0.139 e. The van der Waals surface area contributed by atoms with Crippen LogP contribution in [0.5, 0.6) is 0 Å². The molecule has 0 fully saturated rings. The van der Waals surface area contributed by atoms with Crippen LogP contribution in [0.1, 0.15) is 17.1 Å². The van der Waals surface area contributed by atoms with Crippen LogP contribution in [-0.4, -0.2) is 6.04 Å². The van der Waals surface area contributed by atoms with E-state index in [0.717, 1.165) is 15.4 Å². The highest BCUT2D eigenvalue weighted by Crippen LogP contribution is 2.41. The van der Waals surface area contributed by atoms with Crippen LogP contribution in [0.4, 0.5) is 8.78 Å². The fraction of sp³-hybridized carbons (Fsp3) is 0.231. The molecule has 0 aliphatic carbocycles. The van der Waals surface area contributed by atoms with Crippen molar-refractivity contribution < 1.29 is 8.78 Å². The first-order valence-electron chi connectivity index (χ1n) is 5.58. The molecule has 2 rings (SSSR count). The number of benzene rings is 1. The number of thioether (sulfide) groups is 1. The average Bonchev–Trinajstić information content (AvgIpc) is 2.74. The summed E-state index contributed by atoms with van der Waals surface area (Å²) in [5.74, 6) is -1.12. The fourth-order valence-corrected chi connectivity index (χ4v) is 4.45. The Hall–Kier alpha value is -0.430. The SMILES string of the molecule is CC(N)C(Sc1ccc(F)cc1F)c1cc(Br)cs1. The van der Waals surface area contributed by atoms with Crippen molar-refractivity contribution in [2.75, 3.05) is 0 Å². The van der Waals surface area contributed by atoms with E-state index >= 15 is 0 Å². The van der Waals surface area contributed by atoms with E-state index in [4.69, 9.17) is 5.73 Å². The fourth-order valence-electron chi connectivity index (χ4n) is 1.61. The molecule has 1 aromatic carbocycles. The first-order valence-corrected chi connectivity index (χ1v) is 8.14. The highest BCUT2D eigenvalue weighted by Gasteiger charge is 2.21. The Balaban J connectivity index is 2.26. The molecule has 2 atom stereocenters. The molecular weight excluding hydrogens is 352 g/mol. The number of hydrogen-bond donors (Lipinski definition) is 1. The van der Waals surface area contributed by atoms with Crippen LogP contribution in [0, 0.1) is 11.6 Å². The predicted molar refractivity (Wildman–Crippen MR) is 80.6 cm³/mol. The van der Waals surface area contributed by atoms with Gasteiger partial charge in [0.15, 0.2) is 0 Å². The molecular formula is C13H12BrF2NS2. The number of nitrogens with two attached hydrogens (primary N) is 1. The molecule has 0 amide bonds. The van der Waals surface area contributed by atoms with E-state index in [-0.39, 0.29) is 11.3 Å². The van der Waals surface area contributed by atoms with Crippen molar-refractivity contribution in [2.24, 2.45) is 5.73 Å². The maximum Gasteiger partial charge on any atom is 0.139 e. The van der Waals surface area contributed by atoms with E-state index in [1.54, 1.807) is 11.3 Å². The Morgan fingerprint density at radius 3 is 2.58 bits per heavy atom. The quantitative estimate of drug-likeness (QED) is 0.776. The van der Waals surface area contributed by atoms with Crippen LogP contribution < -0.4 is 5.73 Å². The van der Waals surface area contributed by atoms with Gasteiger partial charge in [0, 0.05) is 31.7 Å². The van der Waals surface area contributed by atoms with E-state index in [9.17, 15) is 8.78 Å². The van der Waals surface area contributed by atoms with Crippen molar-refractivity contribution in [1.29, 1.82) is 0 Å². The molecule has 0 spiro atoms. The molecule has 0 saturated heterocycles. The van der Waals surface area contributed by atoms with Gasteiger partial charge < -0.3 is 5.73 Å². The van der Waals surface area contributed by atoms with Crippen LogP contribution >= 0.6 is 39.0 Å². The molecule has 0 bridgehead atoms. The highest BCUT2D eigenvalue weighted by atomic mass is 79.9. The van der Waals surface area contributed by atoms with Crippen molar-refractivity contribution >= 4 is 39.0 Å². The minimum Gasteiger partial charge on any atom is -0.327 e. The first-order chi connectivity index (χ1) is 8.97. The van der Waals surface area contributed by atoms with Gasteiger partial charge in [0.05, 0.1) is 5.25 Å². The summed E-state index contributed by atoms with van der Waals surface area (Å²) in [6.45, 7) is 1.88. The lowest BCUT2D eigenvalue weighted by Gasteiger charge is -2.19. The predicted octanol–water partition coefficient (Wildman–Crippen LogP) is 4.97. The molecule has 19 heavy (non-hydrogen) atoms. The minimum atomic E-state index is -0.571. The summed E-state index contributed by atoms with van der Waals surface area (Å²) in [5.41, 5.74) is 5.98. The second kappa shape index (κ2) is 6.35. The molecule has 102 valence electrons. The van der Waals surface area contributed by atoms with E-state index < -0.39 is 11.6 Å². The van der Waals surface area contributed by atoms with E-state index in [1.807, 2.05) is 18.4 Å². The number of thiophene rings is 1. The van der Waals surface area contributed by atoms with Gasteiger partial charge in [-0.2, -0.15) is 0 Å². The number of rotatable bonds is 4. The van der Waals surface area contributed by atoms with Crippen LogP contribution in [0.25, 0.3) is 0 Å². The lowest BCUT2D eigenvalue weighted by atomic mass is 10.2. The molecule has 1 aromatic heterocycles. The zero-order chi connectivity index (χ0) is 14.0. The number of halogens is 3. The zero-order valence-corrected chi connectivity index (χ0v) is 13.3. The Labute approximate surface area is 127 Å². The maximum absolute atomic E-state index is 13.7. The largest absolute Gasteiger partial charge is 0.327 e. The third kappa shape index (κ3) is 3.78. The van der Waals surface area contributed by atoms with E-state index in [2.05, 4.69) is 15.9 Å². The second-order valence-electron chi connectivity index (χ2n) is 4.14. The first kappa shape index (κ1) is 15.0. The van der Waals surface area contributed by atoms with Crippen LogP contribution in [0.15, 0.2) is 39.0 Å². The van der Waals surface area contributed by atoms with E-state index in [1.165, 1.54) is 23.9 Å². The van der Waals surface area contributed by atoms with Crippen molar-refractivity contribution in [2.45, 2.75) is 23.1 Å². The van der Waals surface area contributed by atoms with Crippen molar-refractivity contribution in [3.63, 3.8) is 0 Å². The van der Waals surface area contributed by atoms with Gasteiger partial charge in [-0.15, -0.1) is 23.1 Å². The zero-order valence-electron chi connectivity index (χ0n) is 10.1. The van der Waals surface area contributed by atoms with Gasteiger partial charge in [-0.1, -0.05) is 0 Å². The summed E-state index contributed by atoms with van der Waals surface area (Å²) < 4.78 is 27.6. The van der Waals surface area contributed by atoms with Gasteiger partial charge in [0.1, 0.15) is 11.6 Å².